The number of hydrogen-bond donors (Lipinski definition) is 1. The third kappa shape index (κ3) is 4.31. The molecule has 0 aliphatic carbocycles. The van der Waals surface area contributed by atoms with E-state index in [9.17, 15) is 4.79 Å². The second-order valence-electron chi connectivity index (χ2n) is 6.31. The van der Waals surface area contributed by atoms with Gasteiger partial charge in [0.15, 0.2) is 0 Å². The van der Waals surface area contributed by atoms with Gasteiger partial charge in [0.25, 0.3) is 0 Å². The number of benzene rings is 1. The van der Waals surface area contributed by atoms with E-state index in [1.54, 1.807) is 0 Å². The van der Waals surface area contributed by atoms with Crippen LogP contribution in [-0.2, 0) is 4.79 Å². The third-order valence-electron chi connectivity index (χ3n) is 4.80. The highest BCUT2D eigenvalue weighted by Crippen LogP contribution is 2.32. The first kappa shape index (κ1) is 16.0. The molecule has 0 amide bonds. The summed E-state index contributed by atoms with van der Waals surface area (Å²) in [5.74, 6) is 0.0981. The van der Waals surface area contributed by atoms with Crippen molar-refractivity contribution >= 4 is 5.97 Å². The molecule has 2 rings (SSSR count). The molecular weight excluding hydrogens is 262 g/mol. The van der Waals surface area contributed by atoms with Crippen LogP contribution in [-0.4, -0.2) is 29.1 Å². The Balaban J connectivity index is 2.03. The second kappa shape index (κ2) is 7.60. The van der Waals surface area contributed by atoms with E-state index in [0.29, 0.717) is 18.4 Å². The van der Waals surface area contributed by atoms with Crippen LogP contribution in [0.4, 0.5) is 0 Å². The van der Waals surface area contributed by atoms with Crippen molar-refractivity contribution in [3.63, 3.8) is 0 Å². The maximum absolute atomic E-state index is 10.9. The van der Waals surface area contributed by atoms with E-state index in [-0.39, 0.29) is 5.92 Å². The van der Waals surface area contributed by atoms with Gasteiger partial charge in [0.05, 0.1) is 0 Å². The minimum atomic E-state index is -0.672. The summed E-state index contributed by atoms with van der Waals surface area (Å²) in [6, 6.07) is 11.1. The minimum Gasteiger partial charge on any atom is -0.481 e. The predicted molar refractivity (Wildman–Crippen MR) is 85.2 cm³/mol. The topological polar surface area (TPSA) is 40.5 Å². The summed E-state index contributed by atoms with van der Waals surface area (Å²) in [5, 5.41) is 9.00. The molecule has 1 fully saturated rings. The fourth-order valence-electron chi connectivity index (χ4n) is 3.61. The van der Waals surface area contributed by atoms with E-state index in [2.05, 4.69) is 49.1 Å². The molecule has 1 aliphatic rings. The monoisotopic (exact) mass is 289 g/mol. The first-order valence-corrected chi connectivity index (χ1v) is 8.12. The average Bonchev–Trinajstić information content (AvgIpc) is 2.49. The maximum atomic E-state index is 10.9. The van der Waals surface area contributed by atoms with Gasteiger partial charge in [-0.1, -0.05) is 44.2 Å². The lowest BCUT2D eigenvalue weighted by molar-refractivity contribution is -0.138. The molecule has 1 heterocycles. The van der Waals surface area contributed by atoms with Crippen molar-refractivity contribution in [2.24, 2.45) is 11.8 Å². The number of likely N-dealkylation sites (tertiary alicyclic amines) is 1. The smallest absolute Gasteiger partial charge is 0.303 e. The van der Waals surface area contributed by atoms with Gasteiger partial charge in [-0.3, -0.25) is 9.69 Å². The largest absolute Gasteiger partial charge is 0.481 e. The van der Waals surface area contributed by atoms with Crippen molar-refractivity contribution in [3.05, 3.63) is 35.9 Å². The first-order valence-electron chi connectivity index (χ1n) is 8.12. The Morgan fingerprint density at radius 2 is 2.10 bits per heavy atom. The number of hydrogen-bond acceptors (Lipinski definition) is 2. The third-order valence-corrected chi connectivity index (χ3v) is 4.80. The van der Waals surface area contributed by atoms with Gasteiger partial charge in [-0.25, -0.2) is 0 Å². The Bertz CT molecular complexity index is 446. The van der Waals surface area contributed by atoms with E-state index in [1.807, 2.05) is 0 Å². The molecule has 3 nitrogen and oxygen atoms in total. The van der Waals surface area contributed by atoms with Crippen molar-refractivity contribution in [1.82, 2.24) is 4.90 Å². The van der Waals surface area contributed by atoms with Crippen molar-refractivity contribution in [3.8, 4) is 0 Å². The van der Waals surface area contributed by atoms with Crippen LogP contribution in [0.1, 0.15) is 51.1 Å². The number of aliphatic carboxylic acids is 1. The van der Waals surface area contributed by atoms with E-state index in [1.165, 1.54) is 12.0 Å². The molecule has 0 saturated carbocycles. The molecule has 3 heteroatoms. The average molecular weight is 289 g/mol. The second-order valence-corrected chi connectivity index (χ2v) is 6.31. The number of nitrogens with zero attached hydrogens (tertiary/aromatic N) is 1. The fraction of sp³-hybridized carbons (Fsp3) is 0.611. The zero-order valence-corrected chi connectivity index (χ0v) is 13.2. The summed E-state index contributed by atoms with van der Waals surface area (Å²) < 4.78 is 0. The molecule has 21 heavy (non-hydrogen) atoms. The van der Waals surface area contributed by atoms with E-state index in [0.717, 1.165) is 25.9 Å². The first-order chi connectivity index (χ1) is 10.1. The van der Waals surface area contributed by atoms with Gasteiger partial charge in [0.2, 0.25) is 0 Å². The Hall–Kier alpha value is -1.35. The molecule has 1 aliphatic heterocycles. The SMILES string of the molecule is CCC(c1ccccc1)N1CCCC(C(C)CC(=O)O)C1. The minimum absolute atomic E-state index is 0.263. The Labute approximate surface area is 128 Å². The zero-order chi connectivity index (χ0) is 15.2. The quantitative estimate of drug-likeness (QED) is 0.861. The van der Waals surface area contributed by atoms with Crippen molar-refractivity contribution in [1.29, 1.82) is 0 Å². The lowest BCUT2D eigenvalue weighted by Gasteiger charge is -2.40. The molecule has 1 N–H and O–H groups in total. The number of piperidine rings is 1. The number of carbonyl (C=O) groups is 1. The Kier molecular flexibility index (Phi) is 5.80. The van der Waals surface area contributed by atoms with Crippen molar-refractivity contribution < 1.29 is 9.90 Å². The van der Waals surface area contributed by atoms with Gasteiger partial charge in [-0.2, -0.15) is 0 Å². The normalized spacial score (nSPS) is 22.7. The summed E-state index contributed by atoms with van der Waals surface area (Å²) in [4.78, 5) is 13.5. The van der Waals surface area contributed by atoms with Crippen LogP contribution in [0.5, 0.6) is 0 Å². The molecule has 1 aromatic rings. The van der Waals surface area contributed by atoms with Crippen molar-refractivity contribution in [2.75, 3.05) is 13.1 Å². The number of carboxylic acids is 1. The summed E-state index contributed by atoms with van der Waals surface area (Å²) in [6.45, 7) is 6.49. The summed E-state index contributed by atoms with van der Waals surface area (Å²) in [7, 11) is 0. The predicted octanol–water partition coefficient (Wildman–Crippen LogP) is 3.96. The van der Waals surface area contributed by atoms with E-state index >= 15 is 0 Å². The Morgan fingerprint density at radius 1 is 1.38 bits per heavy atom. The zero-order valence-electron chi connectivity index (χ0n) is 13.2. The number of carboxylic acid groups (broad SMARTS) is 1. The molecule has 1 aromatic carbocycles. The van der Waals surface area contributed by atoms with E-state index in [4.69, 9.17) is 5.11 Å². The van der Waals surface area contributed by atoms with Gasteiger partial charge < -0.3 is 5.11 Å². The lowest BCUT2D eigenvalue weighted by atomic mass is 9.83. The van der Waals surface area contributed by atoms with Gasteiger partial charge in [-0.05, 0) is 43.2 Å². The van der Waals surface area contributed by atoms with Gasteiger partial charge in [-0.15, -0.1) is 0 Å². The standard InChI is InChI=1S/C18H27NO2/c1-3-17(15-8-5-4-6-9-15)19-11-7-10-16(13-19)14(2)12-18(20)21/h4-6,8-9,14,16-17H,3,7,10-13H2,1-2H3,(H,20,21). The van der Waals surface area contributed by atoms with Crippen LogP contribution in [0.2, 0.25) is 0 Å². The number of rotatable bonds is 6. The van der Waals surface area contributed by atoms with Gasteiger partial charge in [0.1, 0.15) is 0 Å². The summed E-state index contributed by atoms with van der Waals surface area (Å²) in [6.07, 6.45) is 3.73. The van der Waals surface area contributed by atoms with Crippen LogP contribution in [0, 0.1) is 11.8 Å². The molecule has 116 valence electrons. The highest BCUT2D eigenvalue weighted by atomic mass is 16.4. The fourth-order valence-corrected chi connectivity index (χ4v) is 3.61. The molecule has 3 unspecified atom stereocenters. The van der Waals surface area contributed by atoms with Crippen LogP contribution in [0.25, 0.3) is 0 Å². The van der Waals surface area contributed by atoms with Crippen LogP contribution < -0.4 is 0 Å². The van der Waals surface area contributed by atoms with Gasteiger partial charge in [0, 0.05) is 19.0 Å². The summed E-state index contributed by atoms with van der Waals surface area (Å²) >= 11 is 0. The molecule has 1 saturated heterocycles. The molecule has 0 spiro atoms. The van der Waals surface area contributed by atoms with Crippen LogP contribution in [0.3, 0.4) is 0 Å². The maximum Gasteiger partial charge on any atom is 0.303 e. The molecule has 0 aromatic heterocycles. The molecule has 3 atom stereocenters. The molecular formula is C18H27NO2. The molecule has 0 bridgehead atoms. The van der Waals surface area contributed by atoms with Crippen molar-refractivity contribution in [2.45, 2.75) is 45.6 Å². The highest BCUT2D eigenvalue weighted by molar-refractivity contribution is 5.67. The van der Waals surface area contributed by atoms with E-state index < -0.39 is 5.97 Å². The highest BCUT2D eigenvalue weighted by Gasteiger charge is 2.29. The van der Waals surface area contributed by atoms with Crippen LogP contribution in [0.15, 0.2) is 30.3 Å². The Morgan fingerprint density at radius 3 is 2.71 bits per heavy atom. The molecule has 0 radical (unpaired) electrons. The summed E-state index contributed by atoms with van der Waals surface area (Å²) in [5.41, 5.74) is 1.38. The van der Waals surface area contributed by atoms with Gasteiger partial charge >= 0.3 is 5.97 Å². The lowest BCUT2D eigenvalue weighted by Crippen LogP contribution is -2.40. The van der Waals surface area contributed by atoms with Crippen LogP contribution >= 0.6 is 0 Å².